The molecule has 12 heteroatoms. The third-order valence-corrected chi connectivity index (χ3v) is 14.5. The molecule has 0 aromatic heterocycles. The van der Waals surface area contributed by atoms with Crippen molar-refractivity contribution in [1.82, 2.24) is 31.1 Å². The number of hydrogen-bond donors (Lipinski definition) is 5. The standard InChI is InChI=1S/C41H69N7O5/c1-39(2,3)34(46-38(53)45-31(27-13-7-6-8-14-27)24-47-20-19-43-41(25-47)17-18-41)37(52)48-23-29(40(4,5)28-15-10-16-28)22-32(48)36(51)44-30(33(49)35(42)50)21-26-11-9-12-26/h26-32,34,43H,6-25H2,1-5H3,(H2,42,50)(H,44,51)(H2,45,46,53)/t29?,30?,31-,32?,34+/m1/s1. The van der Waals surface area contributed by atoms with Crippen molar-refractivity contribution < 1.29 is 24.0 Å². The highest BCUT2D eigenvalue weighted by atomic mass is 16.2. The Labute approximate surface area is 317 Å². The van der Waals surface area contributed by atoms with Gasteiger partial charge in [0.1, 0.15) is 12.1 Å². The topological polar surface area (TPSA) is 166 Å². The van der Waals surface area contributed by atoms with E-state index in [0.717, 1.165) is 71.1 Å². The fraction of sp³-hybridized carbons (Fsp3) is 0.878. The van der Waals surface area contributed by atoms with Gasteiger partial charge in [-0.2, -0.15) is 0 Å². The zero-order valence-corrected chi connectivity index (χ0v) is 33.3. The van der Waals surface area contributed by atoms with Crippen molar-refractivity contribution in [1.29, 1.82) is 0 Å². The van der Waals surface area contributed by atoms with Crippen LogP contribution in [-0.4, -0.2) is 102 Å². The van der Waals surface area contributed by atoms with Crippen LogP contribution in [0.5, 0.6) is 0 Å². The van der Waals surface area contributed by atoms with E-state index in [1.165, 1.54) is 38.5 Å². The predicted octanol–water partition coefficient (Wildman–Crippen LogP) is 3.86. The van der Waals surface area contributed by atoms with Crippen LogP contribution in [0, 0.1) is 34.5 Å². The minimum atomic E-state index is -1.06. The van der Waals surface area contributed by atoms with Crippen LogP contribution in [0.2, 0.25) is 0 Å². The summed E-state index contributed by atoms with van der Waals surface area (Å²) in [5, 5.41) is 13.1. The molecule has 0 radical (unpaired) electrons. The minimum absolute atomic E-state index is 0.0201. The normalized spacial score (nSPS) is 27.2. The lowest BCUT2D eigenvalue weighted by Crippen LogP contribution is -2.62. The number of urea groups is 1. The lowest BCUT2D eigenvalue weighted by molar-refractivity contribution is -0.143. The molecule has 0 bridgehead atoms. The maximum absolute atomic E-state index is 14.9. The summed E-state index contributed by atoms with van der Waals surface area (Å²) in [5.74, 6) is -1.36. The maximum Gasteiger partial charge on any atom is 0.315 e. The first-order chi connectivity index (χ1) is 25.1. The van der Waals surface area contributed by atoms with Gasteiger partial charge in [0.2, 0.25) is 17.6 Å². The minimum Gasteiger partial charge on any atom is -0.363 e. The molecule has 2 saturated heterocycles. The summed E-state index contributed by atoms with van der Waals surface area (Å²) in [6.07, 6.45) is 15.4. The molecule has 3 unspecified atom stereocenters. The van der Waals surface area contributed by atoms with Gasteiger partial charge in [-0.05, 0) is 85.9 Å². The van der Waals surface area contributed by atoms with Gasteiger partial charge in [0.15, 0.2) is 0 Å². The van der Waals surface area contributed by atoms with Gasteiger partial charge in [-0.25, -0.2) is 4.79 Å². The number of rotatable bonds is 14. The Balaban J connectivity index is 1.20. The van der Waals surface area contributed by atoms with Crippen molar-refractivity contribution >= 4 is 29.5 Å². The molecule has 1 spiro atoms. The number of nitrogens with zero attached hydrogens (tertiary/aromatic N) is 2. The molecule has 0 aromatic carbocycles. The van der Waals surface area contributed by atoms with E-state index in [9.17, 15) is 24.0 Å². The van der Waals surface area contributed by atoms with E-state index in [1.807, 2.05) is 20.8 Å². The van der Waals surface area contributed by atoms with Crippen molar-refractivity contribution in [2.24, 2.45) is 40.2 Å². The Hall–Kier alpha value is -2.73. The van der Waals surface area contributed by atoms with E-state index >= 15 is 0 Å². The Kier molecular flexibility index (Phi) is 12.2. The molecule has 6 fully saturated rings. The highest BCUT2D eigenvalue weighted by molar-refractivity contribution is 6.37. The van der Waals surface area contributed by atoms with E-state index in [-0.39, 0.29) is 40.8 Å². The molecule has 6 rings (SSSR count). The smallest absolute Gasteiger partial charge is 0.315 e. The average Bonchev–Trinajstić information content (AvgIpc) is 3.62. The molecule has 4 saturated carbocycles. The number of carbonyl (C=O) groups excluding carboxylic acids is 5. The monoisotopic (exact) mass is 740 g/mol. The Morgan fingerprint density at radius 1 is 0.849 bits per heavy atom. The van der Waals surface area contributed by atoms with Gasteiger partial charge in [0, 0.05) is 44.3 Å². The van der Waals surface area contributed by atoms with E-state index in [4.69, 9.17) is 5.73 Å². The largest absolute Gasteiger partial charge is 0.363 e. The van der Waals surface area contributed by atoms with Gasteiger partial charge in [-0.3, -0.25) is 24.1 Å². The fourth-order valence-corrected chi connectivity index (χ4v) is 10.1. The van der Waals surface area contributed by atoms with Gasteiger partial charge in [0.05, 0.1) is 6.04 Å². The second-order valence-electron chi connectivity index (χ2n) is 19.6. The third kappa shape index (κ3) is 9.39. The lowest BCUT2D eigenvalue weighted by atomic mass is 9.61. The van der Waals surface area contributed by atoms with E-state index < -0.39 is 41.1 Å². The molecule has 6 aliphatic rings. The summed E-state index contributed by atoms with van der Waals surface area (Å²) in [6.45, 7) is 14.5. The van der Waals surface area contributed by atoms with Crippen LogP contribution in [0.4, 0.5) is 4.79 Å². The molecule has 53 heavy (non-hydrogen) atoms. The van der Waals surface area contributed by atoms with Gasteiger partial charge >= 0.3 is 6.03 Å². The first-order valence-corrected chi connectivity index (χ1v) is 21.1. The summed E-state index contributed by atoms with van der Waals surface area (Å²) in [5.41, 5.74) is 4.93. The summed E-state index contributed by atoms with van der Waals surface area (Å²) >= 11 is 0. The molecule has 2 aliphatic heterocycles. The molecule has 5 atom stereocenters. The number of ketones is 1. The second kappa shape index (κ2) is 16.2. The fourth-order valence-electron chi connectivity index (χ4n) is 10.1. The number of hydrogen-bond acceptors (Lipinski definition) is 7. The Bertz CT molecular complexity index is 1360. The quantitative estimate of drug-likeness (QED) is 0.169. The van der Waals surface area contributed by atoms with Gasteiger partial charge < -0.3 is 31.9 Å². The van der Waals surface area contributed by atoms with Crippen LogP contribution in [0.25, 0.3) is 0 Å². The molecule has 298 valence electrons. The number of Topliss-reactive ketones (excluding diaryl/α,β-unsaturated/α-hetero) is 1. The number of nitrogens with two attached hydrogens (primary N) is 1. The van der Waals surface area contributed by atoms with Crippen LogP contribution in [0.1, 0.15) is 131 Å². The van der Waals surface area contributed by atoms with E-state index in [1.54, 1.807) is 4.90 Å². The molecule has 12 nitrogen and oxygen atoms in total. The highest BCUT2D eigenvalue weighted by Gasteiger charge is 2.52. The number of nitrogens with one attached hydrogen (secondary N) is 4. The Morgan fingerprint density at radius 2 is 1.53 bits per heavy atom. The van der Waals surface area contributed by atoms with Crippen molar-refractivity contribution in [3.05, 3.63) is 0 Å². The molecule has 0 aromatic rings. The molecular weight excluding hydrogens is 670 g/mol. The number of likely N-dealkylation sites (tertiary alicyclic amines) is 1. The number of piperazine rings is 1. The maximum atomic E-state index is 14.9. The highest BCUT2D eigenvalue weighted by Crippen LogP contribution is 2.50. The van der Waals surface area contributed by atoms with Crippen LogP contribution < -0.4 is 27.0 Å². The van der Waals surface area contributed by atoms with Gasteiger partial charge in [0.25, 0.3) is 5.91 Å². The van der Waals surface area contributed by atoms with Crippen molar-refractivity contribution in [2.45, 2.75) is 161 Å². The summed E-state index contributed by atoms with van der Waals surface area (Å²) < 4.78 is 0. The van der Waals surface area contributed by atoms with Crippen LogP contribution in [-0.2, 0) is 19.2 Å². The van der Waals surface area contributed by atoms with E-state index in [0.29, 0.717) is 31.2 Å². The first kappa shape index (κ1) is 39.9. The lowest BCUT2D eigenvalue weighted by Gasteiger charge is -2.44. The van der Waals surface area contributed by atoms with Crippen LogP contribution >= 0.6 is 0 Å². The van der Waals surface area contributed by atoms with Gasteiger partial charge in [-0.1, -0.05) is 79.6 Å². The summed E-state index contributed by atoms with van der Waals surface area (Å²) in [4.78, 5) is 72.3. The second-order valence-corrected chi connectivity index (χ2v) is 19.6. The van der Waals surface area contributed by atoms with Gasteiger partial charge in [-0.15, -0.1) is 0 Å². The van der Waals surface area contributed by atoms with Crippen molar-refractivity contribution in [3.63, 3.8) is 0 Å². The number of carbonyl (C=O) groups is 5. The van der Waals surface area contributed by atoms with Crippen LogP contribution in [0.3, 0.4) is 0 Å². The summed E-state index contributed by atoms with van der Waals surface area (Å²) in [7, 11) is 0. The number of primary amides is 1. The average molecular weight is 740 g/mol. The predicted molar refractivity (Wildman–Crippen MR) is 205 cm³/mol. The van der Waals surface area contributed by atoms with E-state index in [2.05, 4.69) is 40.0 Å². The molecule has 6 N–H and O–H groups in total. The molecule has 5 amide bonds. The molecule has 4 aliphatic carbocycles. The van der Waals surface area contributed by atoms with Crippen molar-refractivity contribution in [2.75, 3.05) is 32.7 Å². The summed E-state index contributed by atoms with van der Waals surface area (Å²) in [6, 6.07) is -3.09. The zero-order valence-electron chi connectivity index (χ0n) is 33.3. The first-order valence-electron chi connectivity index (χ1n) is 21.1. The molecule has 2 heterocycles. The number of amides is 5. The Morgan fingerprint density at radius 3 is 2.09 bits per heavy atom. The SMILES string of the molecule is CC(C)(C1CCC1)C1CC(C(=O)NC(CC2CCC2)C(=O)C(N)=O)N(C(=O)[C@H](NC(=O)N[C@H](CN2CCNC3(CC3)C2)C2CCCCC2)C(C)(C)C)C1. The van der Waals surface area contributed by atoms with Crippen LogP contribution in [0.15, 0.2) is 0 Å². The zero-order chi connectivity index (χ0) is 38.1. The third-order valence-electron chi connectivity index (χ3n) is 14.5. The molecular formula is C41H69N7O5. The van der Waals surface area contributed by atoms with Crippen molar-refractivity contribution in [3.8, 4) is 0 Å².